The van der Waals surface area contributed by atoms with Crippen LogP contribution in [0.25, 0.3) is 0 Å². The standard InChI is InChI=1S/C16H19N3O2S.ClH/c1-21-13-5-3-2-4-10(13)8-15(20)19-16-18-12-7-6-11(17)9-14(12)22-16;/h2-5,11H,6-9,17H2,1H3,(H,18,19,20);1H/t11-;/m0./s1. The number of hydrogen-bond donors (Lipinski definition) is 2. The molecule has 0 unspecified atom stereocenters. The lowest BCUT2D eigenvalue weighted by atomic mass is 9.99. The molecule has 2 aromatic rings. The number of para-hydroxylation sites is 1. The first kappa shape index (κ1) is 17.7. The number of anilines is 1. The van der Waals surface area contributed by atoms with Crippen LogP contribution in [0.3, 0.4) is 0 Å². The van der Waals surface area contributed by atoms with E-state index in [1.54, 1.807) is 7.11 Å². The molecule has 0 saturated heterocycles. The monoisotopic (exact) mass is 353 g/mol. The molecular formula is C16H20ClN3O2S. The molecule has 1 heterocycles. The minimum absolute atomic E-state index is 0. The van der Waals surface area contributed by atoms with Gasteiger partial charge in [-0.25, -0.2) is 4.98 Å². The van der Waals surface area contributed by atoms with Gasteiger partial charge in [0.05, 0.1) is 19.2 Å². The fourth-order valence-electron chi connectivity index (χ4n) is 2.64. The zero-order valence-corrected chi connectivity index (χ0v) is 14.5. The SMILES string of the molecule is COc1ccccc1CC(=O)Nc1nc2c(s1)C[C@@H](N)CC2.Cl. The highest BCUT2D eigenvalue weighted by Crippen LogP contribution is 2.29. The Hall–Kier alpha value is -1.63. The molecule has 0 spiro atoms. The summed E-state index contributed by atoms with van der Waals surface area (Å²) in [5.74, 6) is 0.641. The molecule has 1 atom stereocenters. The third kappa shape index (κ3) is 4.22. The predicted octanol–water partition coefficient (Wildman–Crippen LogP) is 2.57. The topological polar surface area (TPSA) is 77.2 Å². The second-order valence-corrected chi connectivity index (χ2v) is 6.51. The Morgan fingerprint density at radius 3 is 3.04 bits per heavy atom. The number of aryl methyl sites for hydroxylation is 1. The van der Waals surface area contributed by atoms with Crippen LogP contribution < -0.4 is 15.8 Å². The number of amides is 1. The van der Waals surface area contributed by atoms with Crippen molar-refractivity contribution >= 4 is 34.8 Å². The molecule has 1 aromatic carbocycles. The summed E-state index contributed by atoms with van der Waals surface area (Å²) in [6.07, 6.45) is 2.99. The molecule has 1 amide bonds. The van der Waals surface area contributed by atoms with E-state index >= 15 is 0 Å². The van der Waals surface area contributed by atoms with E-state index in [-0.39, 0.29) is 30.8 Å². The van der Waals surface area contributed by atoms with Crippen molar-refractivity contribution in [2.75, 3.05) is 12.4 Å². The number of ether oxygens (including phenoxy) is 1. The van der Waals surface area contributed by atoms with Crippen molar-refractivity contribution in [3.8, 4) is 5.75 Å². The number of methoxy groups -OCH3 is 1. The predicted molar refractivity (Wildman–Crippen MR) is 94.7 cm³/mol. The number of nitrogens with two attached hydrogens (primary N) is 1. The fraction of sp³-hybridized carbons (Fsp3) is 0.375. The molecule has 0 fully saturated rings. The maximum atomic E-state index is 12.2. The molecule has 124 valence electrons. The first-order valence-corrected chi connectivity index (χ1v) is 8.13. The Balaban J connectivity index is 0.00000192. The van der Waals surface area contributed by atoms with Crippen molar-refractivity contribution in [2.24, 2.45) is 5.73 Å². The molecule has 0 aliphatic heterocycles. The highest BCUT2D eigenvalue weighted by atomic mass is 35.5. The van der Waals surface area contributed by atoms with Crippen molar-refractivity contribution < 1.29 is 9.53 Å². The minimum atomic E-state index is -0.0834. The Bertz CT molecular complexity index is 690. The van der Waals surface area contributed by atoms with Crippen LogP contribution in [-0.2, 0) is 24.1 Å². The van der Waals surface area contributed by atoms with E-state index < -0.39 is 0 Å². The van der Waals surface area contributed by atoms with Gasteiger partial charge in [0.2, 0.25) is 5.91 Å². The van der Waals surface area contributed by atoms with E-state index in [1.807, 2.05) is 24.3 Å². The van der Waals surface area contributed by atoms with E-state index in [2.05, 4.69) is 10.3 Å². The summed E-state index contributed by atoms with van der Waals surface area (Å²) in [7, 11) is 1.61. The number of halogens is 1. The number of aromatic nitrogens is 1. The molecular weight excluding hydrogens is 334 g/mol. The number of carbonyl (C=O) groups excluding carboxylic acids is 1. The molecule has 1 aromatic heterocycles. The zero-order chi connectivity index (χ0) is 15.5. The Morgan fingerprint density at radius 2 is 2.26 bits per heavy atom. The minimum Gasteiger partial charge on any atom is -0.496 e. The summed E-state index contributed by atoms with van der Waals surface area (Å²) in [6.45, 7) is 0. The molecule has 7 heteroatoms. The van der Waals surface area contributed by atoms with E-state index in [0.29, 0.717) is 5.13 Å². The lowest BCUT2D eigenvalue weighted by Gasteiger charge is -2.15. The largest absolute Gasteiger partial charge is 0.496 e. The van der Waals surface area contributed by atoms with Crippen molar-refractivity contribution in [3.63, 3.8) is 0 Å². The molecule has 0 bridgehead atoms. The van der Waals surface area contributed by atoms with Crippen LogP contribution in [0.4, 0.5) is 5.13 Å². The van der Waals surface area contributed by atoms with E-state index in [9.17, 15) is 4.79 Å². The third-order valence-corrected chi connectivity index (χ3v) is 4.80. The lowest BCUT2D eigenvalue weighted by molar-refractivity contribution is -0.115. The van der Waals surface area contributed by atoms with Gasteiger partial charge in [-0.3, -0.25) is 4.79 Å². The lowest BCUT2D eigenvalue weighted by Crippen LogP contribution is -2.27. The van der Waals surface area contributed by atoms with Gasteiger partial charge in [0.15, 0.2) is 5.13 Å². The van der Waals surface area contributed by atoms with Crippen LogP contribution in [0.5, 0.6) is 5.75 Å². The first-order valence-electron chi connectivity index (χ1n) is 7.31. The van der Waals surface area contributed by atoms with Crippen molar-refractivity contribution in [1.82, 2.24) is 4.98 Å². The molecule has 0 radical (unpaired) electrons. The number of benzene rings is 1. The van der Waals surface area contributed by atoms with Crippen LogP contribution in [-0.4, -0.2) is 24.0 Å². The molecule has 3 N–H and O–H groups in total. The summed E-state index contributed by atoms with van der Waals surface area (Å²) < 4.78 is 5.27. The number of thiazole rings is 1. The third-order valence-electron chi connectivity index (χ3n) is 3.77. The number of rotatable bonds is 4. The second-order valence-electron chi connectivity index (χ2n) is 5.43. The molecule has 5 nitrogen and oxygen atoms in total. The van der Waals surface area contributed by atoms with Gasteiger partial charge in [-0.15, -0.1) is 23.7 Å². The van der Waals surface area contributed by atoms with Gasteiger partial charge in [-0.05, 0) is 25.3 Å². The average molecular weight is 354 g/mol. The summed E-state index contributed by atoms with van der Waals surface area (Å²) in [5.41, 5.74) is 7.92. The summed E-state index contributed by atoms with van der Waals surface area (Å²) >= 11 is 1.53. The van der Waals surface area contributed by atoms with Crippen LogP contribution in [0, 0.1) is 0 Å². The Kier molecular flexibility index (Phi) is 5.98. The second kappa shape index (κ2) is 7.77. The van der Waals surface area contributed by atoms with Gasteiger partial charge in [-0.1, -0.05) is 18.2 Å². The number of hydrogen-bond acceptors (Lipinski definition) is 5. The van der Waals surface area contributed by atoms with Crippen molar-refractivity contribution in [2.45, 2.75) is 31.7 Å². The van der Waals surface area contributed by atoms with E-state index in [4.69, 9.17) is 10.5 Å². The smallest absolute Gasteiger partial charge is 0.230 e. The van der Waals surface area contributed by atoms with Gasteiger partial charge >= 0.3 is 0 Å². The zero-order valence-electron chi connectivity index (χ0n) is 12.9. The number of nitrogens with zero attached hydrogens (tertiary/aromatic N) is 1. The molecule has 1 aliphatic rings. The molecule has 3 rings (SSSR count). The van der Waals surface area contributed by atoms with Crippen LogP contribution >= 0.6 is 23.7 Å². The Labute approximate surface area is 145 Å². The van der Waals surface area contributed by atoms with Crippen molar-refractivity contribution in [3.05, 3.63) is 40.4 Å². The quantitative estimate of drug-likeness (QED) is 0.885. The van der Waals surface area contributed by atoms with Gasteiger partial charge in [0.25, 0.3) is 0 Å². The van der Waals surface area contributed by atoms with Crippen molar-refractivity contribution in [1.29, 1.82) is 0 Å². The molecule has 1 aliphatic carbocycles. The number of fused-ring (bicyclic) bond motifs is 1. The molecule has 0 saturated carbocycles. The maximum absolute atomic E-state index is 12.2. The first-order chi connectivity index (χ1) is 10.7. The maximum Gasteiger partial charge on any atom is 0.230 e. The molecule has 23 heavy (non-hydrogen) atoms. The van der Waals surface area contributed by atoms with E-state index in [0.717, 1.165) is 36.3 Å². The highest BCUT2D eigenvalue weighted by Gasteiger charge is 2.20. The van der Waals surface area contributed by atoms with Gasteiger partial charge < -0.3 is 15.8 Å². The highest BCUT2D eigenvalue weighted by molar-refractivity contribution is 7.15. The van der Waals surface area contributed by atoms with Crippen LogP contribution in [0.2, 0.25) is 0 Å². The van der Waals surface area contributed by atoms with Crippen LogP contribution in [0.15, 0.2) is 24.3 Å². The van der Waals surface area contributed by atoms with Gasteiger partial charge in [0.1, 0.15) is 5.75 Å². The van der Waals surface area contributed by atoms with Gasteiger partial charge in [-0.2, -0.15) is 0 Å². The Morgan fingerprint density at radius 1 is 1.48 bits per heavy atom. The summed E-state index contributed by atoms with van der Waals surface area (Å²) in [4.78, 5) is 17.9. The van der Waals surface area contributed by atoms with Gasteiger partial charge in [0, 0.05) is 16.5 Å². The fourth-order valence-corrected chi connectivity index (χ4v) is 3.76. The van der Waals surface area contributed by atoms with Crippen LogP contribution in [0.1, 0.15) is 22.6 Å². The summed E-state index contributed by atoms with van der Waals surface area (Å²) in [6, 6.07) is 7.74. The summed E-state index contributed by atoms with van der Waals surface area (Å²) in [5, 5.41) is 3.55. The number of nitrogens with one attached hydrogen (secondary N) is 1. The normalized spacial score (nSPS) is 16.2. The van der Waals surface area contributed by atoms with E-state index in [1.165, 1.54) is 16.2 Å². The average Bonchev–Trinajstić information content (AvgIpc) is 2.88. The number of carbonyl (C=O) groups is 1.